The van der Waals surface area contributed by atoms with E-state index in [1.807, 2.05) is 0 Å². The van der Waals surface area contributed by atoms with Gasteiger partial charge in [0.15, 0.2) is 5.13 Å². The highest BCUT2D eigenvalue weighted by molar-refractivity contribution is 7.13. The fraction of sp³-hybridized carbons (Fsp3) is 0.769. The van der Waals surface area contributed by atoms with Gasteiger partial charge in [0.25, 0.3) is 0 Å². The fourth-order valence-corrected chi connectivity index (χ4v) is 3.37. The van der Waals surface area contributed by atoms with Gasteiger partial charge in [-0.15, -0.1) is 11.3 Å². The summed E-state index contributed by atoms with van der Waals surface area (Å²) >= 11 is 1.76. The number of nitrogens with zero attached hydrogens (tertiary/aromatic N) is 2. The van der Waals surface area contributed by atoms with Crippen LogP contribution in [-0.2, 0) is 11.3 Å². The molecule has 5 heteroatoms. The number of nitrogens with one attached hydrogen (secondary N) is 1. The van der Waals surface area contributed by atoms with Crippen molar-refractivity contribution in [3.8, 4) is 0 Å². The normalized spacial score (nSPS) is 18.5. The van der Waals surface area contributed by atoms with E-state index in [4.69, 9.17) is 9.72 Å². The molecule has 0 saturated carbocycles. The molecule has 102 valence electrons. The van der Waals surface area contributed by atoms with E-state index in [2.05, 4.69) is 29.4 Å². The molecule has 4 nitrogen and oxygen atoms in total. The number of thiazole rings is 1. The Labute approximate surface area is 113 Å². The molecular weight excluding hydrogens is 246 g/mol. The molecule has 0 radical (unpaired) electrons. The first-order valence-corrected chi connectivity index (χ1v) is 7.43. The van der Waals surface area contributed by atoms with Crippen molar-refractivity contribution in [3.05, 3.63) is 11.1 Å². The third-order valence-electron chi connectivity index (χ3n) is 3.46. The van der Waals surface area contributed by atoms with Crippen molar-refractivity contribution in [2.45, 2.75) is 38.8 Å². The number of aromatic nitrogens is 1. The molecule has 0 atom stereocenters. The van der Waals surface area contributed by atoms with Crippen molar-refractivity contribution in [2.75, 3.05) is 31.7 Å². The molecule has 1 saturated heterocycles. The average molecular weight is 269 g/mol. The molecule has 0 spiro atoms. The van der Waals surface area contributed by atoms with Gasteiger partial charge in [-0.05, 0) is 26.7 Å². The zero-order chi connectivity index (χ0) is 13.0. The molecular formula is C13H23N3OS. The minimum Gasteiger partial charge on any atom is -0.383 e. The van der Waals surface area contributed by atoms with Crippen LogP contribution in [0.4, 0.5) is 5.13 Å². The Hall–Kier alpha value is -0.650. The highest BCUT2D eigenvalue weighted by atomic mass is 32.1. The first kappa shape index (κ1) is 13.8. The van der Waals surface area contributed by atoms with Crippen LogP contribution in [0.2, 0.25) is 0 Å². The van der Waals surface area contributed by atoms with Gasteiger partial charge in [-0.3, -0.25) is 0 Å². The zero-order valence-electron chi connectivity index (χ0n) is 11.5. The lowest BCUT2D eigenvalue weighted by Crippen LogP contribution is -2.38. The highest BCUT2D eigenvalue weighted by Crippen LogP contribution is 2.35. The molecule has 0 aliphatic carbocycles. The molecule has 1 N–H and O–H groups in total. The van der Waals surface area contributed by atoms with Crippen LogP contribution >= 0.6 is 11.3 Å². The lowest BCUT2D eigenvalue weighted by Gasteiger charge is -2.31. The summed E-state index contributed by atoms with van der Waals surface area (Å²) in [6, 6.07) is 0. The number of hydrogen-bond donors (Lipinski definition) is 1. The summed E-state index contributed by atoms with van der Waals surface area (Å²) in [7, 11) is 1.72. The molecule has 2 rings (SSSR count). The number of rotatable bonds is 6. The zero-order valence-corrected chi connectivity index (χ0v) is 12.3. The van der Waals surface area contributed by atoms with E-state index in [1.54, 1.807) is 18.4 Å². The van der Waals surface area contributed by atoms with Gasteiger partial charge in [-0.1, -0.05) is 0 Å². The van der Waals surface area contributed by atoms with Crippen molar-refractivity contribution < 1.29 is 4.74 Å². The number of anilines is 1. The highest BCUT2D eigenvalue weighted by Gasteiger charge is 2.33. The minimum absolute atomic E-state index is 0.263. The van der Waals surface area contributed by atoms with Crippen LogP contribution in [0.15, 0.2) is 5.38 Å². The summed E-state index contributed by atoms with van der Waals surface area (Å²) < 4.78 is 5.01. The minimum atomic E-state index is 0.263. The average Bonchev–Trinajstić information content (AvgIpc) is 2.90. The third kappa shape index (κ3) is 3.22. The molecule has 2 heterocycles. The lowest BCUT2D eigenvalue weighted by molar-refractivity contribution is 0.199. The summed E-state index contributed by atoms with van der Waals surface area (Å²) in [5.74, 6) is 0. The second kappa shape index (κ2) is 5.99. The van der Waals surface area contributed by atoms with Crippen LogP contribution in [-0.4, -0.2) is 37.3 Å². The third-order valence-corrected chi connectivity index (χ3v) is 4.37. The van der Waals surface area contributed by atoms with Crippen molar-refractivity contribution in [1.29, 1.82) is 0 Å². The maximum absolute atomic E-state index is 5.01. The standard InChI is InChI=1S/C13H23N3OS/c1-13(2)5-4-7-16(13)12-15-11(10-18-12)9-14-6-8-17-3/h10,14H,4-9H2,1-3H3. The molecule has 1 aromatic heterocycles. The maximum Gasteiger partial charge on any atom is 0.185 e. The quantitative estimate of drug-likeness (QED) is 0.804. The van der Waals surface area contributed by atoms with Crippen molar-refractivity contribution in [1.82, 2.24) is 10.3 Å². The molecule has 1 aromatic rings. The van der Waals surface area contributed by atoms with Crippen LogP contribution in [0, 0.1) is 0 Å². The van der Waals surface area contributed by atoms with Gasteiger partial charge < -0.3 is 15.0 Å². The summed E-state index contributed by atoms with van der Waals surface area (Å²) in [4.78, 5) is 7.17. The van der Waals surface area contributed by atoms with Crippen molar-refractivity contribution in [2.24, 2.45) is 0 Å². The van der Waals surface area contributed by atoms with E-state index < -0.39 is 0 Å². The van der Waals surface area contributed by atoms with E-state index >= 15 is 0 Å². The Kier molecular flexibility index (Phi) is 4.59. The van der Waals surface area contributed by atoms with Crippen LogP contribution in [0.3, 0.4) is 0 Å². The van der Waals surface area contributed by atoms with Crippen LogP contribution in [0.1, 0.15) is 32.4 Å². The molecule has 1 fully saturated rings. The summed E-state index contributed by atoms with van der Waals surface area (Å²) in [5.41, 5.74) is 1.40. The molecule has 0 aromatic carbocycles. The predicted molar refractivity (Wildman–Crippen MR) is 76.4 cm³/mol. The smallest absolute Gasteiger partial charge is 0.185 e. The van der Waals surface area contributed by atoms with E-state index in [0.717, 1.165) is 31.9 Å². The topological polar surface area (TPSA) is 37.4 Å². The Bertz CT molecular complexity index is 378. The second-order valence-corrected chi connectivity index (χ2v) is 6.20. The Morgan fingerprint density at radius 3 is 3.06 bits per heavy atom. The van der Waals surface area contributed by atoms with Crippen molar-refractivity contribution >= 4 is 16.5 Å². The Balaban J connectivity index is 1.90. The van der Waals surface area contributed by atoms with Gasteiger partial charge in [-0.2, -0.15) is 0 Å². The molecule has 0 amide bonds. The van der Waals surface area contributed by atoms with E-state index in [9.17, 15) is 0 Å². The van der Waals surface area contributed by atoms with E-state index in [0.29, 0.717) is 0 Å². The fourth-order valence-electron chi connectivity index (χ4n) is 2.35. The summed E-state index contributed by atoms with van der Waals surface area (Å²) in [6.45, 7) is 8.19. The number of methoxy groups -OCH3 is 1. The monoisotopic (exact) mass is 269 g/mol. The largest absolute Gasteiger partial charge is 0.383 e. The molecule has 0 bridgehead atoms. The van der Waals surface area contributed by atoms with Crippen LogP contribution in [0.25, 0.3) is 0 Å². The van der Waals surface area contributed by atoms with Gasteiger partial charge >= 0.3 is 0 Å². The van der Waals surface area contributed by atoms with Gasteiger partial charge in [0.05, 0.1) is 12.3 Å². The second-order valence-electron chi connectivity index (χ2n) is 5.36. The van der Waals surface area contributed by atoms with Gasteiger partial charge in [-0.25, -0.2) is 4.98 Å². The maximum atomic E-state index is 5.01. The SMILES string of the molecule is COCCNCc1csc(N2CCCC2(C)C)n1. The van der Waals surface area contributed by atoms with Crippen LogP contribution in [0.5, 0.6) is 0 Å². The van der Waals surface area contributed by atoms with Gasteiger partial charge in [0.1, 0.15) is 0 Å². The van der Waals surface area contributed by atoms with Crippen molar-refractivity contribution in [3.63, 3.8) is 0 Å². The van der Waals surface area contributed by atoms with Gasteiger partial charge in [0, 0.05) is 37.7 Å². The predicted octanol–water partition coefficient (Wildman–Crippen LogP) is 2.26. The molecule has 1 aliphatic rings. The molecule has 0 unspecified atom stereocenters. The Morgan fingerprint density at radius 1 is 1.56 bits per heavy atom. The van der Waals surface area contributed by atoms with Crippen LogP contribution < -0.4 is 10.2 Å². The molecule has 18 heavy (non-hydrogen) atoms. The van der Waals surface area contributed by atoms with E-state index in [1.165, 1.54) is 18.0 Å². The number of ether oxygens (including phenoxy) is 1. The lowest BCUT2D eigenvalue weighted by atomic mass is 10.0. The van der Waals surface area contributed by atoms with Gasteiger partial charge in [0.2, 0.25) is 0 Å². The summed E-state index contributed by atoms with van der Waals surface area (Å²) in [6.07, 6.45) is 2.53. The first-order chi connectivity index (χ1) is 8.63. The first-order valence-electron chi connectivity index (χ1n) is 6.55. The number of hydrogen-bond acceptors (Lipinski definition) is 5. The van der Waals surface area contributed by atoms with E-state index in [-0.39, 0.29) is 5.54 Å². The summed E-state index contributed by atoms with van der Waals surface area (Å²) in [5, 5.41) is 6.65. The molecule has 1 aliphatic heterocycles. The Morgan fingerprint density at radius 2 is 2.39 bits per heavy atom.